The van der Waals surface area contributed by atoms with Crippen LogP contribution in [0.5, 0.6) is 5.75 Å². The molecule has 1 aromatic carbocycles. The monoisotopic (exact) mass is 264 g/mol. The second kappa shape index (κ2) is 4.66. The van der Waals surface area contributed by atoms with E-state index < -0.39 is 10.0 Å². The number of pyridine rings is 1. The first-order chi connectivity index (χ1) is 8.47. The van der Waals surface area contributed by atoms with Crippen molar-refractivity contribution in [3.8, 4) is 5.75 Å². The number of hydrogen-bond acceptors (Lipinski definition) is 4. The van der Waals surface area contributed by atoms with E-state index in [1.807, 2.05) is 6.92 Å². The van der Waals surface area contributed by atoms with Crippen molar-refractivity contribution in [1.29, 1.82) is 0 Å². The molecule has 1 aromatic heterocycles. The molecule has 2 aromatic rings. The van der Waals surface area contributed by atoms with Gasteiger partial charge in [0.15, 0.2) is 0 Å². The molecule has 0 aliphatic carbocycles. The maximum atomic E-state index is 12.0. The van der Waals surface area contributed by atoms with Gasteiger partial charge in [-0.2, -0.15) is 0 Å². The van der Waals surface area contributed by atoms with E-state index in [0.29, 0.717) is 0 Å². The van der Waals surface area contributed by atoms with Crippen molar-refractivity contribution >= 4 is 15.8 Å². The fraction of sp³-hybridized carbons (Fsp3) is 0.0833. The van der Waals surface area contributed by atoms with Crippen LogP contribution in [0.2, 0.25) is 0 Å². The zero-order valence-electron chi connectivity index (χ0n) is 9.66. The van der Waals surface area contributed by atoms with Gasteiger partial charge in [0.1, 0.15) is 11.6 Å². The number of nitrogens with zero attached hydrogens (tertiary/aromatic N) is 1. The lowest BCUT2D eigenvalue weighted by Gasteiger charge is -2.07. The van der Waals surface area contributed by atoms with Crippen LogP contribution in [0.15, 0.2) is 47.5 Å². The molecule has 6 heteroatoms. The molecule has 5 nitrogen and oxygen atoms in total. The van der Waals surface area contributed by atoms with Gasteiger partial charge in [-0.15, -0.1) is 0 Å². The summed E-state index contributed by atoms with van der Waals surface area (Å²) in [5.74, 6) is 0.274. The number of aryl methyl sites for hydroxylation is 1. The van der Waals surface area contributed by atoms with E-state index in [-0.39, 0.29) is 16.5 Å². The molecule has 0 saturated heterocycles. The maximum absolute atomic E-state index is 12.0. The van der Waals surface area contributed by atoms with Gasteiger partial charge < -0.3 is 5.11 Å². The Morgan fingerprint density at radius 2 is 1.78 bits per heavy atom. The number of hydrogen-bond donors (Lipinski definition) is 2. The molecule has 0 aliphatic rings. The first-order valence-electron chi connectivity index (χ1n) is 5.22. The van der Waals surface area contributed by atoms with Gasteiger partial charge in [-0.25, -0.2) is 13.4 Å². The van der Waals surface area contributed by atoms with E-state index in [0.717, 1.165) is 5.56 Å². The van der Waals surface area contributed by atoms with Crippen molar-refractivity contribution in [3.63, 3.8) is 0 Å². The van der Waals surface area contributed by atoms with Crippen LogP contribution >= 0.6 is 0 Å². The quantitative estimate of drug-likeness (QED) is 0.887. The third-order valence-corrected chi connectivity index (χ3v) is 3.67. The van der Waals surface area contributed by atoms with Crippen molar-refractivity contribution < 1.29 is 13.5 Å². The van der Waals surface area contributed by atoms with Crippen LogP contribution in [0.4, 0.5) is 5.82 Å². The summed E-state index contributed by atoms with van der Waals surface area (Å²) < 4.78 is 26.3. The lowest BCUT2D eigenvalue weighted by molar-refractivity contribution is 0.475. The average molecular weight is 264 g/mol. The van der Waals surface area contributed by atoms with Gasteiger partial charge in [0, 0.05) is 6.20 Å². The molecular formula is C12H12N2O3S. The van der Waals surface area contributed by atoms with Crippen molar-refractivity contribution in [1.82, 2.24) is 4.98 Å². The van der Waals surface area contributed by atoms with Gasteiger partial charge in [-0.05, 0) is 42.8 Å². The zero-order valence-corrected chi connectivity index (χ0v) is 10.5. The number of aromatic nitrogens is 1. The van der Waals surface area contributed by atoms with Crippen molar-refractivity contribution in [2.45, 2.75) is 11.8 Å². The minimum absolute atomic E-state index is 0.0161. The van der Waals surface area contributed by atoms with Crippen LogP contribution < -0.4 is 4.72 Å². The van der Waals surface area contributed by atoms with Crippen LogP contribution in [0.1, 0.15) is 5.56 Å². The molecule has 94 valence electrons. The Morgan fingerprint density at radius 1 is 1.11 bits per heavy atom. The molecule has 0 bridgehead atoms. The minimum Gasteiger partial charge on any atom is -0.508 e. The standard InChI is InChI=1S/C12H12N2O3S/c1-9-2-7-12(13-8-9)14-18(16,17)11-5-3-10(15)4-6-11/h2-8,15H,1H3,(H,13,14). The predicted octanol–water partition coefficient (Wildman–Crippen LogP) is 1.90. The van der Waals surface area contributed by atoms with Crippen molar-refractivity contribution in [2.75, 3.05) is 4.72 Å². The molecule has 1 heterocycles. The molecule has 0 spiro atoms. The maximum Gasteiger partial charge on any atom is 0.263 e. The van der Waals surface area contributed by atoms with E-state index in [4.69, 9.17) is 5.11 Å². The highest BCUT2D eigenvalue weighted by molar-refractivity contribution is 7.92. The molecule has 0 saturated carbocycles. The Kier molecular flexibility index (Phi) is 3.20. The van der Waals surface area contributed by atoms with Gasteiger partial charge >= 0.3 is 0 Å². The summed E-state index contributed by atoms with van der Waals surface area (Å²) in [6.45, 7) is 1.87. The summed E-state index contributed by atoms with van der Waals surface area (Å²) in [7, 11) is -3.67. The Morgan fingerprint density at radius 3 is 2.33 bits per heavy atom. The number of benzene rings is 1. The molecule has 18 heavy (non-hydrogen) atoms. The molecule has 2 N–H and O–H groups in total. The third-order valence-electron chi connectivity index (χ3n) is 2.30. The first-order valence-corrected chi connectivity index (χ1v) is 6.70. The SMILES string of the molecule is Cc1ccc(NS(=O)(=O)c2ccc(O)cc2)nc1. The summed E-state index contributed by atoms with van der Waals surface area (Å²) in [6.07, 6.45) is 1.58. The summed E-state index contributed by atoms with van der Waals surface area (Å²) in [5, 5.41) is 9.12. The van der Waals surface area contributed by atoms with Gasteiger partial charge in [0.2, 0.25) is 0 Å². The fourth-order valence-electron chi connectivity index (χ4n) is 1.35. The summed E-state index contributed by atoms with van der Waals surface area (Å²) in [6, 6.07) is 8.64. The number of phenols is 1. The van der Waals surface area contributed by atoms with E-state index in [1.54, 1.807) is 18.3 Å². The van der Waals surface area contributed by atoms with Crippen LogP contribution in [-0.4, -0.2) is 18.5 Å². The summed E-state index contributed by atoms with van der Waals surface area (Å²) >= 11 is 0. The molecule has 0 fully saturated rings. The molecule has 0 atom stereocenters. The molecule has 0 aliphatic heterocycles. The molecular weight excluding hydrogens is 252 g/mol. The van der Waals surface area contributed by atoms with Gasteiger partial charge in [-0.1, -0.05) is 6.07 Å². The second-order valence-corrected chi connectivity index (χ2v) is 5.50. The van der Waals surface area contributed by atoms with Gasteiger partial charge in [0.05, 0.1) is 4.90 Å². The van der Waals surface area contributed by atoms with Gasteiger partial charge in [0.25, 0.3) is 10.0 Å². The Bertz CT molecular complexity index is 634. The smallest absolute Gasteiger partial charge is 0.263 e. The Balaban J connectivity index is 2.27. The largest absolute Gasteiger partial charge is 0.508 e. The van der Waals surface area contributed by atoms with E-state index in [2.05, 4.69) is 9.71 Å². The van der Waals surface area contributed by atoms with Crippen LogP contribution in [0, 0.1) is 6.92 Å². The lowest BCUT2D eigenvalue weighted by atomic mass is 10.3. The molecule has 0 amide bonds. The number of nitrogens with one attached hydrogen (secondary N) is 1. The first kappa shape index (κ1) is 12.4. The Labute approximate surface area is 105 Å². The molecule has 2 rings (SSSR count). The number of rotatable bonds is 3. The van der Waals surface area contributed by atoms with Crippen molar-refractivity contribution in [3.05, 3.63) is 48.2 Å². The average Bonchev–Trinajstić information content (AvgIpc) is 2.32. The number of sulfonamides is 1. The lowest BCUT2D eigenvalue weighted by Crippen LogP contribution is -2.13. The van der Waals surface area contributed by atoms with E-state index in [9.17, 15) is 8.42 Å². The normalized spacial score (nSPS) is 11.2. The van der Waals surface area contributed by atoms with Gasteiger partial charge in [-0.3, -0.25) is 4.72 Å². The van der Waals surface area contributed by atoms with E-state index in [1.165, 1.54) is 24.3 Å². The zero-order chi connectivity index (χ0) is 13.2. The number of aromatic hydroxyl groups is 1. The summed E-state index contributed by atoms with van der Waals surface area (Å²) in [5.41, 5.74) is 0.947. The van der Waals surface area contributed by atoms with Crippen LogP contribution in [0.25, 0.3) is 0 Å². The topological polar surface area (TPSA) is 79.3 Å². The van der Waals surface area contributed by atoms with Crippen LogP contribution in [-0.2, 0) is 10.0 Å². The summed E-state index contributed by atoms with van der Waals surface area (Å²) in [4.78, 5) is 4.04. The van der Waals surface area contributed by atoms with Crippen LogP contribution in [0.3, 0.4) is 0 Å². The third kappa shape index (κ3) is 2.78. The molecule has 0 unspecified atom stereocenters. The molecule has 0 radical (unpaired) electrons. The highest BCUT2D eigenvalue weighted by Crippen LogP contribution is 2.17. The van der Waals surface area contributed by atoms with E-state index >= 15 is 0 Å². The number of anilines is 1. The minimum atomic E-state index is -3.67. The predicted molar refractivity (Wildman–Crippen MR) is 67.9 cm³/mol. The highest BCUT2D eigenvalue weighted by Gasteiger charge is 2.14. The fourth-order valence-corrected chi connectivity index (χ4v) is 2.36. The second-order valence-electron chi connectivity index (χ2n) is 3.82. The highest BCUT2D eigenvalue weighted by atomic mass is 32.2. The number of phenolic OH excluding ortho intramolecular Hbond substituents is 1. The van der Waals surface area contributed by atoms with Crippen molar-refractivity contribution in [2.24, 2.45) is 0 Å². The Hall–Kier alpha value is -2.08.